The summed E-state index contributed by atoms with van der Waals surface area (Å²) >= 11 is 0. The number of hydrogen-bond donors (Lipinski definition) is 3. The molecule has 0 saturated carbocycles. The number of aryl methyl sites for hydroxylation is 1. The number of hydrogen-bond acceptors (Lipinski definition) is 5. The quantitative estimate of drug-likeness (QED) is 0.460. The Bertz CT molecular complexity index is 1290. The fourth-order valence-corrected chi connectivity index (χ4v) is 5.72. The first-order chi connectivity index (χ1) is 17.2. The van der Waals surface area contributed by atoms with E-state index in [0.717, 1.165) is 24.3 Å². The molecule has 0 saturated heterocycles. The van der Waals surface area contributed by atoms with E-state index in [-0.39, 0.29) is 30.6 Å². The number of benzene rings is 2. The minimum atomic E-state index is -6.14. The van der Waals surface area contributed by atoms with Crippen LogP contribution in [-0.4, -0.2) is 55.1 Å². The summed E-state index contributed by atoms with van der Waals surface area (Å²) in [5.74, 6) is -1.63. The highest BCUT2D eigenvalue weighted by molar-refractivity contribution is 7.92. The van der Waals surface area contributed by atoms with E-state index in [1.807, 2.05) is 0 Å². The van der Waals surface area contributed by atoms with Crippen molar-refractivity contribution in [2.24, 2.45) is 0 Å². The number of carbonyl (C=O) groups excluding carboxylic acids is 1. The van der Waals surface area contributed by atoms with E-state index in [9.17, 15) is 54.2 Å². The van der Waals surface area contributed by atoms with Gasteiger partial charge in [0.2, 0.25) is 0 Å². The Labute approximate surface area is 212 Å². The summed E-state index contributed by atoms with van der Waals surface area (Å²) in [7, 11) is -4.58. The molecule has 3 N–H and O–H groups in total. The van der Waals surface area contributed by atoms with E-state index in [1.54, 1.807) is 0 Å². The Morgan fingerprint density at radius 2 is 1.55 bits per heavy atom. The third-order valence-corrected chi connectivity index (χ3v) is 7.94. The number of nitrogens with zero attached hydrogens (tertiary/aromatic N) is 1. The summed E-state index contributed by atoms with van der Waals surface area (Å²) in [5, 5.41) is 22.0. The molecular weight excluding hydrogens is 549 g/mol. The van der Waals surface area contributed by atoms with Crippen LogP contribution in [0.15, 0.2) is 47.4 Å². The normalized spacial score (nSPS) is 17.2. The Hall–Kier alpha value is -2.91. The first kappa shape index (κ1) is 29.6. The van der Waals surface area contributed by atoms with Crippen LogP contribution in [-0.2, 0) is 26.8 Å². The number of rotatable bonds is 6. The minimum Gasteiger partial charge on any atom is -0.381 e. The molecule has 1 amide bonds. The number of carbonyl (C=O) groups is 1. The fraction of sp³-hybridized carbons (Fsp3) is 0.435. The number of halogens is 7. The van der Waals surface area contributed by atoms with Crippen molar-refractivity contribution in [1.82, 2.24) is 5.32 Å². The Morgan fingerprint density at radius 1 is 1.00 bits per heavy atom. The zero-order valence-electron chi connectivity index (χ0n) is 19.9. The number of aliphatic hydroxyl groups is 2. The molecule has 0 aromatic heterocycles. The molecule has 1 heterocycles. The molecule has 210 valence electrons. The molecule has 2 aromatic rings. The maximum absolute atomic E-state index is 13.5. The van der Waals surface area contributed by atoms with Crippen LogP contribution in [0.2, 0.25) is 0 Å². The first-order valence-corrected chi connectivity index (χ1v) is 12.4. The fourth-order valence-electron chi connectivity index (χ4n) is 4.01. The van der Waals surface area contributed by atoms with E-state index in [0.29, 0.717) is 22.5 Å². The van der Waals surface area contributed by atoms with E-state index < -0.39 is 61.8 Å². The minimum absolute atomic E-state index is 0.167. The van der Waals surface area contributed by atoms with Gasteiger partial charge in [0.25, 0.3) is 21.5 Å². The molecule has 0 bridgehead atoms. The van der Waals surface area contributed by atoms with Crippen LogP contribution in [0.3, 0.4) is 0 Å². The van der Waals surface area contributed by atoms with Gasteiger partial charge in [-0.25, -0.2) is 12.8 Å². The van der Waals surface area contributed by atoms with Crippen LogP contribution in [0, 0.1) is 5.82 Å². The van der Waals surface area contributed by atoms with Crippen molar-refractivity contribution in [2.75, 3.05) is 10.8 Å². The van der Waals surface area contributed by atoms with Crippen LogP contribution in [0.1, 0.15) is 31.4 Å². The molecule has 0 spiro atoms. The summed E-state index contributed by atoms with van der Waals surface area (Å²) < 4.78 is 122. The average Bonchev–Trinajstić information content (AvgIpc) is 2.79. The average molecular weight is 572 g/mol. The van der Waals surface area contributed by atoms with Crippen molar-refractivity contribution in [1.29, 1.82) is 0 Å². The Morgan fingerprint density at radius 3 is 2.05 bits per heavy atom. The van der Waals surface area contributed by atoms with Crippen molar-refractivity contribution >= 4 is 21.6 Å². The largest absolute Gasteiger partial charge is 0.430 e. The van der Waals surface area contributed by atoms with Crippen LogP contribution < -0.4 is 9.62 Å². The number of anilines is 1. The van der Waals surface area contributed by atoms with Gasteiger partial charge in [0, 0.05) is 12.1 Å². The molecule has 15 heteroatoms. The van der Waals surface area contributed by atoms with Gasteiger partial charge in [0.1, 0.15) is 11.4 Å². The number of fused-ring (bicyclic) bond motifs is 1. The van der Waals surface area contributed by atoms with Gasteiger partial charge < -0.3 is 15.5 Å². The number of nitrogens with one attached hydrogen (secondary N) is 1. The summed E-state index contributed by atoms with van der Waals surface area (Å²) in [6, 6.07) is 3.92. The summed E-state index contributed by atoms with van der Waals surface area (Å²) in [6.45, 7) is 1.98. The SMILES string of the molecule is CC(C)(O)C(=O)NC[C@@H]1CCc2cc(C(O)(C(F)(F)F)C(F)(F)F)ccc2N1S(=O)(=O)c1ccc(F)cc1. The van der Waals surface area contributed by atoms with Crippen LogP contribution in [0.25, 0.3) is 0 Å². The molecule has 0 unspecified atom stereocenters. The highest BCUT2D eigenvalue weighted by Gasteiger charge is 2.71. The standard InChI is InChI=1S/C23H23F7N2O5S/c1-20(2,34)19(33)31-12-16-7-3-13-11-14(21(35,22(25,26)27)23(28,29)30)4-10-18(13)32(16)38(36,37)17-8-5-15(24)6-9-17/h4-6,8-11,16,34-35H,3,7,12H2,1-2H3,(H,31,33)/t16-/m0/s1. The molecule has 7 nitrogen and oxygen atoms in total. The molecule has 1 atom stereocenters. The summed E-state index contributed by atoms with van der Waals surface area (Å²) in [4.78, 5) is 11.7. The lowest BCUT2D eigenvalue weighted by atomic mass is 9.88. The van der Waals surface area contributed by atoms with E-state index >= 15 is 0 Å². The van der Waals surface area contributed by atoms with Gasteiger partial charge in [0.15, 0.2) is 0 Å². The molecule has 0 fully saturated rings. The van der Waals surface area contributed by atoms with Crippen molar-refractivity contribution in [3.8, 4) is 0 Å². The van der Waals surface area contributed by atoms with Gasteiger partial charge in [-0.05, 0) is 62.6 Å². The van der Waals surface area contributed by atoms with Gasteiger partial charge in [0.05, 0.1) is 16.6 Å². The van der Waals surface area contributed by atoms with Crippen molar-refractivity contribution in [3.63, 3.8) is 0 Å². The number of sulfonamides is 1. The van der Waals surface area contributed by atoms with Crippen LogP contribution in [0.5, 0.6) is 0 Å². The van der Waals surface area contributed by atoms with Crippen molar-refractivity contribution < 1.29 is 54.2 Å². The lowest BCUT2D eigenvalue weighted by Gasteiger charge is -2.39. The molecule has 38 heavy (non-hydrogen) atoms. The Balaban J connectivity index is 2.15. The second-order valence-electron chi connectivity index (χ2n) is 9.27. The number of alkyl halides is 6. The first-order valence-electron chi connectivity index (χ1n) is 11.0. The predicted octanol–water partition coefficient (Wildman–Crippen LogP) is 3.54. The molecular formula is C23H23F7N2O5S. The van der Waals surface area contributed by atoms with Crippen LogP contribution in [0.4, 0.5) is 36.4 Å². The van der Waals surface area contributed by atoms with Crippen molar-refractivity contribution in [2.45, 2.75) is 61.2 Å². The van der Waals surface area contributed by atoms with Gasteiger partial charge in [-0.2, -0.15) is 26.3 Å². The van der Waals surface area contributed by atoms with Crippen molar-refractivity contribution in [3.05, 3.63) is 59.4 Å². The van der Waals surface area contributed by atoms with Gasteiger partial charge in [-0.15, -0.1) is 0 Å². The van der Waals surface area contributed by atoms with E-state index in [2.05, 4.69) is 5.32 Å². The van der Waals surface area contributed by atoms with Crippen LogP contribution >= 0.6 is 0 Å². The zero-order chi connectivity index (χ0) is 28.9. The smallest absolute Gasteiger partial charge is 0.381 e. The molecule has 0 radical (unpaired) electrons. The van der Waals surface area contributed by atoms with E-state index in [4.69, 9.17) is 0 Å². The number of amides is 1. The highest BCUT2D eigenvalue weighted by Crippen LogP contribution is 2.51. The van der Waals surface area contributed by atoms with Gasteiger partial charge >= 0.3 is 12.4 Å². The van der Waals surface area contributed by atoms with E-state index in [1.165, 1.54) is 13.8 Å². The maximum atomic E-state index is 13.5. The molecule has 1 aliphatic rings. The molecule has 1 aliphatic heterocycles. The second-order valence-corrected chi connectivity index (χ2v) is 11.1. The lowest BCUT2D eigenvalue weighted by Crippen LogP contribution is -2.54. The topological polar surface area (TPSA) is 107 Å². The highest BCUT2D eigenvalue weighted by atomic mass is 32.2. The zero-order valence-corrected chi connectivity index (χ0v) is 20.7. The van der Waals surface area contributed by atoms with Gasteiger partial charge in [-0.1, -0.05) is 12.1 Å². The molecule has 3 rings (SSSR count). The third-order valence-electron chi connectivity index (χ3n) is 6.06. The predicted molar refractivity (Wildman–Crippen MR) is 120 cm³/mol. The summed E-state index contributed by atoms with van der Waals surface area (Å²) in [5.41, 5.74) is -9.14. The molecule has 2 aromatic carbocycles. The Kier molecular flexibility index (Phi) is 7.55. The maximum Gasteiger partial charge on any atom is 0.430 e. The third kappa shape index (κ3) is 5.31. The van der Waals surface area contributed by atoms with Gasteiger partial charge in [-0.3, -0.25) is 9.10 Å². The molecule has 0 aliphatic carbocycles. The monoisotopic (exact) mass is 572 g/mol. The second kappa shape index (κ2) is 9.68. The summed E-state index contributed by atoms with van der Waals surface area (Å²) in [6.07, 6.45) is -12.7. The lowest BCUT2D eigenvalue weighted by molar-refractivity contribution is -0.376.